The predicted molar refractivity (Wildman–Crippen MR) is 78.6 cm³/mol. The zero-order valence-corrected chi connectivity index (χ0v) is 12.0. The molecule has 6 heteroatoms. The van der Waals surface area contributed by atoms with Crippen LogP contribution < -0.4 is 10.9 Å². The van der Waals surface area contributed by atoms with Crippen LogP contribution in [0.4, 0.5) is 5.69 Å². The number of rotatable bonds is 2. The maximum Gasteiger partial charge on any atom is 0.212 e. The monoisotopic (exact) mass is 352 g/mol. The summed E-state index contributed by atoms with van der Waals surface area (Å²) in [5, 5.41) is 0.732. The molecule has 0 aromatic heterocycles. The number of likely N-dealkylation sites (N-methyl/N-ethyl adjacent to an activating group) is 1. The minimum Gasteiger partial charge on any atom is -0.343 e. The molecule has 0 saturated heterocycles. The van der Waals surface area contributed by atoms with Gasteiger partial charge >= 0.3 is 0 Å². The Kier molecular flexibility index (Phi) is 5.14. The standard InChI is InChI=1S/C10H13ClN4.HI/c1-15-7-6-12-10(15)14-13-9-4-2-8(11)3-5-9;/h2-5,13H,6-7H2,1H3,(H,12,14);1H. The smallest absolute Gasteiger partial charge is 0.212 e. The molecule has 2 N–H and O–H groups in total. The molecule has 0 spiro atoms. The Morgan fingerprint density at radius 3 is 2.50 bits per heavy atom. The summed E-state index contributed by atoms with van der Waals surface area (Å²) in [6.07, 6.45) is 0. The minimum absolute atomic E-state index is 0. The second kappa shape index (κ2) is 6.15. The lowest BCUT2D eigenvalue weighted by Gasteiger charge is -2.16. The second-order valence-electron chi connectivity index (χ2n) is 3.38. The van der Waals surface area contributed by atoms with Gasteiger partial charge in [-0.2, -0.15) is 0 Å². The predicted octanol–water partition coefficient (Wildman–Crippen LogP) is 2.18. The molecule has 16 heavy (non-hydrogen) atoms. The first-order valence-electron chi connectivity index (χ1n) is 4.79. The van der Waals surface area contributed by atoms with E-state index in [1.54, 1.807) is 0 Å². The van der Waals surface area contributed by atoms with Crippen LogP contribution in [0.2, 0.25) is 5.02 Å². The number of aliphatic imine (C=N–C) groups is 1. The van der Waals surface area contributed by atoms with Crippen molar-refractivity contribution >= 4 is 47.2 Å². The minimum atomic E-state index is 0. The van der Waals surface area contributed by atoms with E-state index in [9.17, 15) is 0 Å². The zero-order valence-electron chi connectivity index (χ0n) is 8.90. The van der Waals surface area contributed by atoms with Crippen LogP contribution >= 0.6 is 35.6 Å². The highest BCUT2D eigenvalue weighted by molar-refractivity contribution is 14.0. The van der Waals surface area contributed by atoms with Crippen molar-refractivity contribution in [2.45, 2.75) is 0 Å². The molecule has 2 rings (SSSR count). The Balaban J connectivity index is 0.00000128. The van der Waals surface area contributed by atoms with Gasteiger partial charge in [0, 0.05) is 18.6 Å². The summed E-state index contributed by atoms with van der Waals surface area (Å²) in [6.45, 7) is 1.81. The molecule has 0 radical (unpaired) electrons. The quantitative estimate of drug-likeness (QED) is 0.633. The van der Waals surface area contributed by atoms with Gasteiger partial charge in [0.1, 0.15) is 0 Å². The average Bonchev–Trinajstić information content (AvgIpc) is 2.63. The molecule has 0 saturated carbocycles. The van der Waals surface area contributed by atoms with Gasteiger partial charge in [-0.25, -0.2) is 4.99 Å². The van der Waals surface area contributed by atoms with Gasteiger partial charge in [-0.1, -0.05) is 11.6 Å². The van der Waals surface area contributed by atoms with E-state index in [1.807, 2.05) is 31.3 Å². The number of benzene rings is 1. The molecule has 1 aliphatic heterocycles. The van der Waals surface area contributed by atoms with Crippen LogP contribution in [0.3, 0.4) is 0 Å². The Morgan fingerprint density at radius 1 is 1.25 bits per heavy atom. The molecule has 0 bridgehead atoms. The molecule has 0 unspecified atom stereocenters. The van der Waals surface area contributed by atoms with Crippen LogP contribution in [-0.4, -0.2) is 31.0 Å². The summed E-state index contributed by atoms with van der Waals surface area (Å²) in [5.41, 5.74) is 7.07. The summed E-state index contributed by atoms with van der Waals surface area (Å²) in [5.74, 6) is 0.866. The molecule has 1 aliphatic rings. The van der Waals surface area contributed by atoms with Gasteiger partial charge in [0.15, 0.2) is 0 Å². The lowest BCUT2D eigenvalue weighted by atomic mass is 10.3. The molecule has 88 valence electrons. The van der Waals surface area contributed by atoms with E-state index in [-0.39, 0.29) is 24.0 Å². The highest BCUT2D eigenvalue weighted by atomic mass is 127. The van der Waals surface area contributed by atoms with Crippen molar-refractivity contribution < 1.29 is 0 Å². The van der Waals surface area contributed by atoms with Crippen molar-refractivity contribution in [1.82, 2.24) is 10.3 Å². The molecule has 4 nitrogen and oxygen atoms in total. The highest BCUT2D eigenvalue weighted by Crippen LogP contribution is 2.12. The number of hydrogen-bond donors (Lipinski definition) is 2. The molecule has 0 aliphatic carbocycles. The Morgan fingerprint density at radius 2 is 1.94 bits per heavy atom. The van der Waals surface area contributed by atoms with Crippen molar-refractivity contribution in [3.8, 4) is 0 Å². The Labute approximate surface area is 117 Å². The fraction of sp³-hybridized carbons (Fsp3) is 0.300. The van der Waals surface area contributed by atoms with Gasteiger partial charge in [0.2, 0.25) is 5.96 Å². The van der Waals surface area contributed by atoms with E-state index in [0.717, 1.165) is 29.8 Å². The Bertz CT molecular complexity index is 366. The van der Waals surface area contributed by atoms with E-state index in [1.165, 1.54) is 0 Å². The summed E-state index contributed by atoms with van der Waals surface area (Å²) >= 11 is 5.78. The zero-order chi connectivity index (χ0) is 10.7. The van der Waals surface area contributed by atoms with Crippen LogP contribution in [0.25, 0.3) is 0 Å². The number of nitrogens with zero attached hydrogens (tertiary/aromatic N) is 2. The third kappa shape index (κ3) is 3.41. The first kappa shape index (κ1) is 13.4. The molecule has 1 heterocycles. The fourth-order valence-electron chi connectivity index (χ4n) is 1.33. The van der Waals surface area contributed by atoms with Crippen molar-refractivity contribution in [2.24, 2.45) is 4.99 Å². The van der Waals surface area contributed by atoms with Crippen molar-refractivity contribution in [2.75, 3.05) is 25.6 Å². The van der Waals surface area contributed by atoms with Gasteiger partial charge in [0.05, 0.1) is 12.2 Å². The molecule has 0 amide bonds. The first-order chi connectivity index (χ1) is 7.25. The van der Waals surface area contributed by atoms with Crippen molar-refractivity contribution in [3.63, 3.8) is 0 Å². The number of hydrogen-bond acceptors (Lipinski definition) is 4. The maximum absolute atomic E-state index is 5.78. The van der Waals surface area contributed by atoms with E-state index in [0.29, 0.717) is 0 Å². The molecular formula is C10H14ClIN4. The largest absolute Gasteiger partial charge is 0.343 e. The van der Waals surface area contributed by atoms with Crippen LogP contribution in [0.1, 0.15) is 0 Å². The van der Waals surface area contributed by atoms with Gasteiger partial charge in [0.25, 0.3) is 0 Å². The average molecular weight is 353 g/mol. The summed E-state index contributed by atoms with van der Waals surface area (Å²) in [6, 6.07) is 7.49. The topological polar surface area (TPSA) is 39.7 Å². The van der Waals surface area contributed by atoms with E-state index >= 15 is 0 Å². The van der Waals surface area contributed by atoms with Gasteiger partial charge in [-0.15, -0.1) is 24.0 Å². The summed E-state index contributed by atoms with van der Waals surface area (Å²) < 4.78 is 0. The third-order valence-corrected chi connectivity index (χ3v) is 2.47. The number of halogens is 2. The van der Waals surface area contributed by atoms with E-state index < -0.39 is 0 Å². The van der Waals surface area contributed by atoms with Crippen LogP contribution in [0, 0.1) is 0 Å². The van der Waals surface area contributed by atoms with Crippen LogP contribution in [0.15, 0.2) is 29.3 Å². The normalized spacial score (nSPS) is 14.1. The van der Waals surface area contributed by atoms with E-state index in [2.05, 4.69) is 20.7 Å². The molecular weight excluding hydrogens is 338 g/mol. The lowest BCUT2D eigenvalue weighted by molar-refractivity contribution is 0.540. The Hall–Kier alpha value is -0.690. The van der Waals surface area contributed by atoms with Gasteiger partial charge in [-0.3, -0.25) is 10.9 Å². The van der Waals surface area contributed by atoms with Crippen molar-refractivity contribution in [1.29, 1.82) is 0 Å². The van der Waals surface area contributed by atoms with Gasteiger partial charge in [-0.05, 0) is 24.3 Å². The maximum atomic E-state index is 5.78. The van der Waals surface area contributed by atoms with E-state index in [4.69, 9.17) is 11.6 Å². The fourth-order valence-corrected chi connectivity index (χ4v) is 1.45. The van der Waals surface area contributed by atoms with Crippen LogP contribution in [-0.2, 0) is 0 Å². The molecule has 0 fully saturated rings. The third-order valence-electron chi connectivity index (χ3n) is 2.22. The number of guanidine groups is 1. The van der Waals surface area contributed by atoms with Gasteiger partial charge < -0.3 is 4.90 Å². The number of anilines is 1. The SMILES string of the molecule is CN1CCN=C1NNc1ccc(Cl)cc1.I. The summed E-state index contributed by atoms with van der Waals surface area (Å²) in [7, 11) is 2.00. The molecule has 1 aromatic carbocycles. The first-order valence-corrected chi connectivity index (χ1v) is 5.17. The number of nitrogens with one attached hydrogen (secondary N) is 2. The number of hydrazine groups is 1. The van der Waals surface area contributed by atoms with Crippen molar-refractivity contribution in [3.05, 3.63) is 29.3 Å². The summed E-state index contributed by atoms with van der Waals surface area (Å²) in [4.78, 5) is 6.35. The molecule has 0 atom stereocenters. The lowest BCUT2D eigenvalue weighted by Crippen LogP contribution is -2.38. The second-order valence-corrected chi connectivity index (χ2v) is 3.82. The molecule has 1 aromatic rings. The highest BCUT2D eigenvalue weighted by Gasteiger charge is 2.10. The van der Waals surface area contributed by atoms with Crippen LogP contribution in [0.5, 0.6) is 0 Å².